The highest BCUT2D eigenvalue weighted by Gasteiger charge is 2.51. The van der Waals surface area contributed by atoms with Crippen molar-refractivity contribution in [2.75, 3.05) is 0 Å². The molecular weight excluding hydrogens is 290 g/mol. The fourth-order valence-corrected chi connectivity index (χ4v) is 2.52. The summed E-state index contributed by atoms with van der Waals surface area (Å²) in [6, 6.07) is 10.6. The van der Waals surface area contributed by atoms with Crippen molar-refractivity contribution in [3.05, 3.63) is 58.9 Å². The van der Waals surface area contributed by atoms with Crippen LogP contribution < -0.4 is 10.9 Å². The Morgan fingerprint density at radius 1 is 1.14 bits per heavy atom. The van der Waals surface area contributed by atoms with Gasteiger partial charge in [0.2, 0.25) is 5.91 Å². The first-order valence-electron chi connectivity index (χ1n) is 6.62. The van der Waals surface area contributed by atoms with Crippen LogP contribution in [0.15, 0.2) is 42.6 Å². The van der Waals surface area contributed by atoms with E-state index in [1.807, 2.05) is 12.1 Å². The first-order valence-corrected chi connectivity index (χ1v) is 7.00. The maximum atomic E-state index is 12.3. The molecule has 5 nitrogen and oxygen atoms in total. The Morgan fingerprint density at radius 3 is 2.57 bits per heavy atom. The summed E-state index contributed by atoms with van der Waals surface area (Å²) >= 11 is 5.97. The molecule has 0 aliphatic heterocycles. The number of hydrogen-bond donors (Lipinski definition) is 3. The molecule has 2 aromatic rings. The fraction of sp³-hybridized carbons (Fsp3) is 0.200. The SMILES string of the molecule is O=C(NNC(=O)C1(c2cccc(Cl)c2)CC1)c1ccc[nH]1. The van der Waals surface area contributed by atoms with E-state index in [1.165, 1.54) is 0 Å². The number of hydrogen-bond acceptors (Lipinski definition) is 2. The second-order valence-corrected chi connectivity index (χ2v) is 5.52. The molecule has 1 aliphatic carbocycles. The summed E-state index contributed by atoms with van der Waals surface area (Å²) in [6.45, 7) is 0. The Balaban J connectivity index is 1.67. The fourth-order valence-electron chi connectivity index (χ4n) is 2.33. The van der Waals surface area contributed by atoms with E-state index in [1.54, 1.807) is 30.5 Å². The minimum Gasteiger partial charge on any atom is -0.357 e. The molecule has 21 heavy (non-hydrogen) atoms. The molecule has 1 aromatic carbocycles. The van der Waals surface area contributed by atoms with Gasteiger partial charge in [-0.3, -0.25) is 20.4 Å². The monoisotopic (exact) mass is 303 g/mol. The summed E-state index contributed by atoms with van der Waals surface area (Å²) in [6.07, 6.45) is 3.14. The minimum atomic E-state index is -0.575. The summed E-state index contributed by atoms with van der Waals surface area (Å²) in [7, 11) is 0. The highest BCUT2D eigenvalue weighted by Crippen LogP contribution is 2.48. The summed E-state index contributed by atoms with van der Waals surface area (Å²) in [5.74, 6) is -0.597. The number of H-pyrrole nitrogens is 1. The zero-order chi connectivity index (χ0) is 14.9. The van der Waals surface area contributed by atoms with E-state index in [0.717, 1.165) is 18.4 Å². The molecule has 0 bridgehead atoms. The number of nitrogens with one attached hydrogen (secondary N) is 3. The number of rotatable bonds is 3. The molecule has 2 amide bonds. The van der Waals surface area contributed by atoms with Gasteiger partial charge in [0.1, 0.15) is 5.69 Å². The van der Waals surface area contributed by atoms with Gasteiger partial charge in [-0.15, -0.1) is 0 Å². The number of halogens is 1. The van der Waals surface area contributed by atoms with Crippen LogP contribution in [0.5, 0.6) is 0 Å². The van der Waals surface area contributed by atoms with E-state index in [2.05, 4.69) is 15.8 Å². The van der Waals surface area contributed by atoms with Crippen molar-refractivity contribution in [2.24, 2.45) is 0 Å². The molecule has 1 heterocycles. The molecule has 1 aromatic heterocycles. The first kappa shape index (κ1) is 13.7. The smallest absolute Gasteiger partial charge is 0.286 e. The van der Waals surface area contributed by atoms with Crippen molar-refractivity contribution in [2.45, 2.75) is 18.3 Å². The number of carbonyl (C=O) groups is 2. The van der Waals surface area contributed by atoms with Crippen LogP contribution in [0.4, 0.5) is 0 Å². The van der Waals surface area contributed by atoms with Gasteiger partial charge in [-0.1, -0.05) is 23.7 Å². The quantitative estimate of drug-likeness (QED) is 0.760. The van der Waals surface area contributed by atoms with Gasteiger partial charge in [-0.2, -0.15) is 0 Å². The molecule has 6 heteroatoms. The van der Waals surface area contributed by atoms with Crippen molar-refractivity contribution in [3.63, 3.8) is 0 Å². The highest BCUT2D eigenvalue weighted by atomic mass is 35.5. The molecule has 3 rings (SSSR count). The lowest BCUT2D eigenvalue weighted by atomic mass is 9.95. The second kappa shape index (κ2) is 5.26. The number of aromatic amines is 1. The molecule has 0 unspecified atom stereocenters. The van der Waals surface area contributed by atoms with Gasteiger partial charge in [0.25, 0.3) is 5.91 Å². The highest BCUT2D eigenvalue weighted by molar-refractivity contribution is 6.30. The van der Waals surface area contributed by atoms with Crippen molar-refractivity contribution < 1.29 is 9.59 Å². The molecule has 1 saturated carbocycles. The predicted octanol–water partition coefficient (Wildman–Crippen LogP) is 2.16. The van der Waals surface area contributed by atoms with Crippen LogP contribution in [-0.2, 0) is 10.2 Å². The Kier molecular flexibility index (Phi) is 3.43. The Labute approximate surface area is 126 Å². The molecule has 0 saturated heterocycles. The van der Waals surface area contributed by atoms with Gasteiger partial charge >= 0.3 is 0 Å². The van der Waals surface area contributed by atoms with Crippen LogP contribution in [0.1, 0.15) is 28.9 Å². The molecular formula is C15H14ClN3O2. The van der Waals surface area contributed by atoms with Gasteiger partial charge < -0.3 is 4.98 Å². The van der Waals surface area contributed by atoms with Crippen molar-refractivity contribution in [3.8, 4) is 0 Å². The number of carbonyl (C=O) groups excluding carboxylic acids is 2. The molecule has 3 N–H and O–H groups in total. The topological polar surface area (TPSA) is 74.0 Å². The number of aromatic nitrogens is 1. The third-order valence-corrected chi connectivity index (χ3v) is 3.93. The Morgan fingerprint density at radius 2 is 1.95 bits per heavy atom. The molecule has 0 radical (unpaired) electrons. The first-order chi connectivity index (χ1) is 10.1. The average molecular weight is 304 g/mol. The van der Waals surface area contributed by atoms with E-state index >= 15 is 0 Å². The van der Waals surface area contributed by atoms with Crippen LogP contribution in [0.2, 0.25) is 5.02 Å². The van der Waals surface area contributed by atoms with E-state index < -0.39 is 5.41 Å². The lowest BCUT2D eigenvalue weighted by Crippen LogP contribution is -2.46. The molecule has 0 spiro atoms. The predicted molar refractivity (Wildman–Crippen MR) is 78.8 cm³/mol. The lowest BCUT2D eigenvalue weighted by Gasteiger charge is -2.16. The third kappa shape index (κ3) is 2.64. The van der Waals surface area contributed by atoms with Crippen molar-refractivity contribution in [1.29, 1.82) is 0 Å². The number of hydrazine groups is 1. The number of benzene rings is 1. The van der Waals surface area contributed by atoms with Gasteiger partial charge in [-0.25, -0.2) is 0 Å². The van der Waals surface area contributed by atoms with Gasteiger partial charge in [0.15, 0.2) is 0 Å². The summed E-state index contributed by atoms with van der Waals surface area (Å²) in [5.41, 5.74) is 5.60. The summed E-state index contributed by atoms with van der Waals surface area (Å²) in [5, 5.41) is 0.599. The van der Waals surface area contributed by atoms with Crippen LogP contribution in [0, 0.1) is 0 Å². The molecule has 1 fully saturated rings. The summed E-state index contributed by atoms with van der Waals surface area (Å²) in [4.78, 5) is 26.9. The average Bonchev–Trinajstić information content (AvgIpc) is 3.12. The van der Waals surface area contributed by atoms with E-state index in [4.69, 9.17) is 11.6 Å². The Hall–Kier alpha value is -2.27. The maximum Gasteiger partial charge on any atom is 0.286 e. The van der Waals surface area contributed by atoms with Crippen LogP contribution >= 0.6 is 11.6 Å². The summed E-state index contributed by atoms with van der Waals surface area (Å²) < 4.78 is 0. The molecule has 0 atom stereocenters. The molecule has 1 aliphatic rings. The standard InChI is InChI=1S/C15H14ClN3O2/c16-11-4-1-3-10(9-11)15(6-7-15)14(21)19-18-13(20)12-5-2-8-17-12/h1-5,8-9,17H,6-7H2,(H,18,20)(H,19,21). The van der Waals surface area contributed by atoms with E-state index in [0.29, 0.717) is 10.7 Å². The van der Waals surface area contributed by atoms with Crippen LogP contribution in [0.25, 0.3) is 0 Å². The zero-order valence-electron chi connectivity index (χ0n) is 11.2. The van der Waals surface area contributed by atoms with E-state index in [-0.39, 0.29) is 11.8 Å². The van der Waals surface area contributed by atoms with Gasteiger partial charge in [-0.05, 0) is 42.7 Å². The number of amides is 2. The van der Waals surface area contributed by atoms with Gasteiger partial charge in [0.05, 0.1) is 5.41 Å². The normalized spacial score (nSPS) is 15.3. The maximum absolute atomic E-state index is 12.3. The van der Waals surface area contributed by atoms with Gasteiger partial charge in [0, 0.05) is 11.2 Å². The Bertz CT molecular complexity index is 678. The lowest BCUT2D eigenvalue weighted by molar-refractivity contribution is -0.124. The van der Waals surface area contributed by atoms with Crippen LogP contribution in [-0.4, -0.2) is 16.8 Å². The minimum absolute atomic E-state index is 0.218. The third-order valence-electron chi connectivity index (χ3n) is 3.69. The second-order valence-electron chi connectivity index (χ2n) is 5.08. The van der Waals surface area contributed by atoms with Crippen molar-refractivity contribution >= 4 is 23.4 Å². The van der Waals surface area contributed by atoms with E-state index in [9.17, 15) is 9.59 Å². The van der Waals surface area contributed by atoms with Crippen molar-refractivity contribution in [1.82, 2.24) is 15.8 Å². The zero-order valence-corrected chi connectivity index (χ0v) is 11.9. The molecule has 108 valence electrons. The largest absolute Gasteiger partial charge is 0.357 e. The van der Waals surface area contributed by atoms with Crippen LogP contribution in [0.3, 0.4) is 0 Å².